The number of anilines is 1. The maximum atomic E-state index is 13.0. The van der Waals surface area contributed by atoms with Crippen molar-refractivity contribution in [3.63, 3.8) is 0 Å². The summed E-state index contributed by atoms with van der Waals surface area (Å²) >= 11 is 0. The first-order valence-corrected chi connectivity index (χ1v) is 5.09. The highest BCUT2D eigenvalue weighted by Gasteiger charge is 2.17. The SMILES string of the molecule is CC(N)CC(=O)Nc1cc(F)c(F)cc1C(=O)O. The van der Waals surface area contributed by atoms with Gasteiger partial charge in [0.2, 0.25) is 5.91 Å². The van der Waals surface area contributed by atoms with E-state index >= 15 is 0 Å². The molecule has 0 saturated heterocycles. The number of aromatic carboxylic acids is 1. The topological polar surface area (TPSA) is 92.4 Å². The van der Waals surface area contributed by atoms with Gasteiger partial charge in [0.1, 0.15) is 0 Å². The van der Waals surface area contributed by atoms with Crippen LogP contribution in [0.3, 0.4) is 0 Å². The maximum absolute atomic E-state index is 13.0. The van der Waals surface area contributed by atoms with E-state index in [1.165, 1.54) is 0 Å². The number of hydrogen-bond acceptors (Lipinski definition) is 3. The summed E-state index contributed by atoms with van der Waals surface area (Å²) in [5, 5.41) is 11.0. The van der Waals surface area contributed by atoms with Crippen LogP contribution < -0.4 is 11.1 Å². The number of rotatable bonds is 4. The van der Waals surface area contributed by atoms with Crippen molar-refractivity contribution in [2.75, 3.05) is 5.32 Å². The number of carbonyl (C=O) groups excluding carboxylic acids is 1. The molecular formula is C11H12F2N2O3. The molecule has 0 bridgehead atoms. The van der Waals surface area contributed by atoms with Crippen molar-refractivity contribution in [1.29, 1.82) is 0 Å². The molecule has 4 N–H and O–H groups in total. The molecule has 0 saturated carbocycles. The lowest BCUT2D eigenvalue weighted by Crippen LogP contribution is -2.24. The fourth-order valence-corrected chi connectivity index (χ4v) is 1.32. The summed E-state index contributed by atoms with van der Waals surface area (Å²) in [6, 6.07) is 0.709. The molecule has 1 unspecified atom stereocenters. The zero-order chi connectivity index (χ0) is 13.9. The molecule has 1 amide bonds. The molecule has 0 aliphatic heterocycles. The normalized spacial score (nSPS) is 12.0. The number of benzene rings is 1. The third-order valence-corrected chi connectivity index (χ3v) is 2.07. The van der Waals surface area contributed by atoms with E-state index < -0.39 is 35.1 Å². The molecule has 18 heavy (non-hydrogen) atoms. The number of amides is 1. The molecule has 98 valence electrons. The molecule has 5 nitrogen and oxygen atoms in total. The first-order valence-electron chi connectivity index (χ1n) is 5.09. The van der Waals surface area contributed by atoms with E-state index in [9.17, 15) is 18.4 Å². The molecule has 7 heteroatoms. The van der Waals surface area contributed by atoms with Crippen LogP contribution in [0.25, 0.3) is 0 Å². The summed E-state index contributed by atoms with van der Waals surface area (Å²) in [5.74, 6) is -4.57. The van der Waals surface area contributed by atoms with Crippen LogP contribution in [0.2, 0.25) is 0 Å². The third-order valence-electron chi connectivity index (χ3n) is 2.07. The Morgan fingerprint density at radius 1 is 1.39 bits per heavy atom. The Hall–Kier alpha value is -2.02. The molecule has 0 aromatic heterocycles. The largest absolute Gasteiger partial charge is 0.478 e. The Balaban J connectivity index is 3.04. The predicted molar refractivity (Wildman–Crippen MR) is 60.2 cm³/mol. The van der Waals surface area contributed by atoms with Gasteiger partial charge in [-0.15, -0.1) is 0 Å². The lowest BCUT2D eigenvalue weighted by molar-refractivity contribution is -0.116. The lowest BCUT2D eigenvalue weighted by Gasteiger charge is -2.10. The molecular weight excluding hydrogens is 246 g/mol. The van der Waals surface area contributed by atoms with Gasteiger partial charge in [-0.25, -0.2) is 13.6 Å². The van der Waals surface area contributed by atoms with E-state index in [1.54, 1.807) is 6.92 Å². The van der Waals surface area contributed by atoms with Gasteiger partial charge in [0, 0.05) is 18.5 Å². The molecule has 0 radical (unpaired) electrons. The highest BCUT2D eigenvalue weighted by atomic mass is 19.2. The number of nitrogens with two attached hydrogens (primary N) is 1. The molecule has 1 aromatic rings. The van der Waals surface area contributed by atoms with Crippen LogP contribution in [-0.2, 0) is 4.79 Å². The van der Waals surface area contributed by atoms with Gasteiger partial charge in [0.05, 0.1) is 11.3 Å². The molecule has 1 aromatic carbocycles. The lowest BCUT2D eigenvalue weighted by atomic mass is 10.1. The van der Waals surface area contributed by atoms with E-state index in [4.69, 9.17) is 10.8 Å². The van der Waals surface area contributed by atoms with Crippen LogP contribution in [0.15, 0.2) is 12.1 Å². The highest BCUT2D eigenvalue weighted by Crippen LogP contribution is 2.20. The highest BCUT2D eigenvalue weighted by molar-refractivity contribution is 6.00. The summed E-state index contributed by atoms with van der Waals surface area (Å²) in [6.07, 6.45) is -0.0575. The first-order chi connectivity index (χ1) is 8.31. The van der Waals surface area contributed by atoms with Gasteiger partial charge in [-0.3, -0.25) is 4.79 Å². The van der Waals surface area contributed by atoms with Gasteiger partial charge >= 0.3 is 5.97 Å². The quantitative estimate of drug-likeness (QED) is 0.759. The van der Waals surface area contributed by atoms with E-state index in [0.717, 1.165) is 0 Å². The Morgan fingerprint density at radius 3 is 2.44 bits per heavy atom. The number of nitrogens with one attached hydrogen (secondary N) is 1. The van der Waals surface area contributed by atoms with E-state index in [1.807, 2.05) is 0 Å². The smallest absolute Gasteiger partial charge is 0.337 e. The second-order valence-corrected chi connectivity index (χ2v) is 3.85. The first kappa shape index (κ1) is 14.0. The van der Waals surface area contributed by atoms with Crippen LogP contribution in [0.4, 0.5) is 14.5 Å². The Bertz CT molecular complexity index is 489. The number of carboxylic acids is 1. The van der Waals surface area contributed by atoms with E-state index in [2.05, 4.69) is 5.32 Å². The number of hydrogen-bond donors (Lipinski definition) is 3. The van der Waals surface area contributed by atoms with Crippen LogP contribution in [0, 0.1) is 11.6 Å². The second kappa shape index (κ2) is 5.54. The van der Waals surface area contributed by atoms with Gasteiger partial charge in [-0.05, 0) is 13.0 Å². The zero-order valence-electron chi connectivity index (χ0n) is 9.54. The van der Waals surface area contributed by atoms with E-state index in [0.29, 0.717) is 12.1 Å². The molecule has 0 heterocycles. The summed E-state index contributed by atoms with van der Waals surface area (Å²) < 4.78 is 25.9. The van der Waals surface area contributed by atoms with Gasteiger partial charge in [-0.2, -0.15) is 0 Å². The molecule has 0 aliphatic rings. The minimum atomic E-state index is -1.47. The van der Waals surface area contributed by atoms with Crippen molar-refractivity contribution >= 4 is 17.6 Å². The molecule has 0 spiro atoms. The van der Waals surface area contributed by atoms with E-state index in [-0.39, 0.29) is 12.1 Å². The minimum Gasteiger partial charge on any atom is -0.478 e. The molecule has 1 rings (SSSR count). The van der Waals surface area contributed by atoms with Gasteiger partial charge in [0.15, 0.2) is 11.6 Å². The average Bonchev–Trinajstić information content (AvgIpc) is 2.21. The van der Waals surface area contributed by atoms with Crippen molar-refractivity contribution < 1.29 is 23.5 Å². The van der Waals surface area contributed by atoms with Crippen molar-refractivity contribution in [2.24, 2.45) is 5.73 Å². The van der Waals surface area contributed by atoms with Crippen LogP contribution >= 0.6 is 0 Å². The fourth-order valence-electron chi connectivity index (χ4n) is 1.32. The van der Waals surface area contributed by atoms with Crippen LogP contribution in [0.1, 0.15) is 23.7 Å². The van der Waals surface area contributed by atoms with Crippen molar-refractivity contribution in [3.05, 3.63) is 29.3 Å². The number of carboxylic acid groups (broad SMARTS) is 1. The summed E-state index contributed by atoms with van der Waals surface area (Å²) in [4.78, 5) is 22.2. The molecule has 0 aliphatic carbocycles. The summed E-state index contributed by atoms with van der Waals surface area (Å²) in [5.41, 5.74) is 4.57. The zero-order valence-corrected chi connectivity index (χ0v) is 9.54. The fraction of sp³-hybridized carbons (Fsp3) is 0.273. The second-order valence-electron chi connectivity index (χ2n) is 3.85. The number of carbonyl (C=O) groups is 2. The summed E-state index contributed by atoms with van der Waals surface area (Å²) in [7, 11) is 0. The van der Waals surface area contributed by atoms with Crippen LogP contribution in [0.5, 0.6) is 0 Å². The average molecular weight is 258 g/mol. The molecule has 0 fully saturated rings. The Labute approximate surface area is 102 Å². The van der Waals surface area contributed by atoms with Gasteiger partial charge in [-0.1, -0.05) is 0 Å². The molecule has 1 atom stereocenters. The maximum Gasteiger partial charge on any atom is 0.337 e. The Kier molecular flexibility index (Phi) is 4.33. The van der Waals surface area contributed by atoms with Crippen LogP contribution in [-0.4, -0.2) is 23.0 Å². The van der Waals surface area contributed by atoms with Gasteiger partial charge < -0.3 is 16.2 Å². The third kappa shape index (κ3) is 3.49. The monoisotopic (exact) mass is 258 g/mol. The van der Waals surface area contributed by atoms with Crippen molar-refractivity contribution in [2.45, 2.75) is 19.4 Å². The number of halogens is 2. The Morgan fingerprint density at radius 2 is 1.94 bits per heavy atom. The summed E-state index contributed by atoms with van der Waals surface area (Å²) in [6.45, 7) is 1.59. The predicted octanol–water partition coefficient (Wildman–Crippen LogP) is 1.34. The van der Waals surface area contributed by atoms with Gasteiger partial charge in [0.25, 0.3) is 0 Å². The standard InChI is InChI=1S/C11H12F2N2O3/c1-5(14)2-10(16)15-9-4-8(13)7(12)3-6(9)11(17)18/h3-5H,2,14H2,1H3,(H,15,16)(H,17,18). The minimum absolute atomic E-state index is 0.0575. The van der Waals surface area contributed by atoms with Crippen molar-refractivity contribution in [3.8, 4) is 0 Å². The van der Waals surface area contributed by atoms with Crippen molar-refractivity contribution in [1.82, 2.24) is 0 Å².